The number of hydrogen-bond acceptors (Lipinski definition) is 2. The fraction of sp³-hybridized carbons (Fsp3) is 0.0545. The van der Waals surface area contributed by atoms with Crippen LogP contribution in [0.1, 0.15) is 25.0 Å². The first-order valence-corrected chi connectivity index (χ1v) is 19.8. The van der Waals surface area contributed by atoms with Gasteiger partial charge < -0.3 is 9.32 Å². The molecule has 1 aromatic heterocycles. The lowest BCUT2D eigenvalue weighted by atomic mass is 9.82. The summed E-state index contributed by atoms with van der Waals surface area (Å²) in [7, 11) is 0. The second-order valence-corrected chi connectivity index (χ2v) is 15.6. The molecule has 0 fully saturated rings. The van der Waals surface area contributed by atoms with Crippen LogP contribution >= 0.6 is 0 Å². The zero-order valence-electron chi connectivity index (χ0n) is 31.9. The average molecular weight is 730 g/mol. The largest absolute Gasteiger partial charge is 0.456 e. The molecule has 0 amide bonds. The predicted octanol–water partition coefficient (Wildman–Crippen LogP) is 15.5. The van der Waals surface area contributed by atoms with Crippen molar-refractivity contribution in [1.82, 2.24) is 0 Å². The number of anilines is 3. The Hall–Kier alpha value is -7.16. The molecule has 2 nitrogen and oxygen atoms in total. The van der Waals surface area contributed by atoms with Gasteiger partial charge in [0.25, 0.3) is 0 Å². The van der Waals surface area contributed by atoms with Crippen LogP contribution in [0.2, 0.25) is 0 Å². The van der Waals surface area contributed by atoms with E-state index in [0.29, 0.717) is 0 Å². The van der Waals surface area contributed by atoms with E-state index in [4.69, 9.17) is 4.42 Å². The number of nitrogens with zero attached hydrogens (tertiary/aromatic N) is 1. The van der Waals surface area contributed by atoms with Gasteiger partial charge in [-0.05, 0) is 103 Å². The van der Waals surface area contributed by atoms with E-state index in [1.165, 1.54) is 55.3 Å². The Morgan fingerprint density at radius 1 is 0.386 bits per heavy atom. The summed E-state index contributed by atoms with van der Waals surface area (Å²) in [6.45, 7) is 4.71. The molecule has 0 spiro atoms. The van der Waals surface area contributed by atoms with E-state index in [0.717, 1.165) is 50.1 Å². The number of rotatable bonds is 6. The molecular weight excluding hydrogens is 691 g/mol. The van der Waals surface area contributed by atoms with Crippen LogP contribution in [-0.2, 0) is 5.41 Å². The first-order valence-electron chi connectivity index (χ1n) is 19.8. The Balaban J connectivity index is 1.09. The Bertz CT molecular complexity index is 3140. The molecule has 11 rings (SSSR count). The van der Waals surface area contributed by atoms with Gasteiger partial charge >= 0.3 is 0 Å². The number of benzene rings is 9. The van der Waals surface area contributed by atoms with Crippen LogP contribution in [0, 0.1) is 0 Å². The van der Waals surface area contributed by atoms with Gasteiger partial charge in [-0.1, -0.05) is 172 Å². The zero-order valence-corrected chi connectivity index (χ0v) is 31.9. The first kappa shape index (κ1) is 33.2. The first-order chi connectivity index (χ1) is 28.0. The smallest absolute Gasteiger partial charge is 0.136 e. The topological polar surface area (TPSA) is 16.4 Å². The normalized spacial score (nSPS) is 12.9. The van der Waals surface area contributed by atoms with Gasteiger partial charge in [0.15, 0.2) is 0 Å². The van der Waals surface area contributed by atoms with E-state index in [2.05, 4.69) is 207 Å². The van der Waals surface area contributed by atoms with E-state index in [1.807, 2.05) is 12.1 Å². The number of fused-ring (bicyclic) bond motifs is 7. The van der Waals surface area contributed by atoms with Gasteiger partial charge in [0.2, 0.25) is 0 Å². The van der Waals surface area contributed by atoms with Crippen molar-refractivity contribution in [3.05, 3.63) is 211 Å². The quantitative estimate of drug-likeness (QED) is 0.169. The number of hydrogen-bond donors (Lipinski definition) is 0. The fourth-order valence-corrected chi connectivity index (χ4v) is 9.38. The van der Waals surface area contributed by atoms with Crippen LogP contribution in [0.4, 0.5) is 17.1 Å². The minimum absolute atomic E-state index is 0.0903. The molecule has 1 heterocycles. The predicted molar refractivity (Wildman–Crippen MR) is 240 cm³/mol. The van der Waals surface area contributed by atoms with Crippen molar-refractivity contribution in [3.8, 4) is 44.5 Å². The summed E-state index contributed by atoms with van der Waals surface area (Å²) in [5, 5.41) is 4.78. The molecule has 0 N–H and O–H groups in total. The molecule has 0 saturated heterocycles. The highest BCUT2D eigenvalue weighted by Crippen LogP contribution is 2.54. The maximum absolute atomic E-state index is 6.27. The third-order valence-electron chi connectivity index (χ3n) is 12.1. The standard InChI is InChI=1S/C55H39NO/c1-55(2)48-23-8-5-18-46(48)53-45(22-12-24-49(53)55)44-17-6-9-25-50(44)56(39-32-28-37(29-33-39)42-20-11-15-36-14-3-4-16-41(36)42)40-34-30-38(31-35-40)43-21-13-27-52-54(43)47-19-7-10-26-51(47)57-52/h3-35H,1-2H3. The van der Waals surface area contributed by atoms with Crippen molar-refractivity contribution in [3.63, 3.8) is 0 Å². The lowest BCUT2D eigenvalue weighted by molar-refractivity contribution is 0.660. The fourth-order valence-electron chi connectivity index (χ4n) is 9.38. The summed E-state index contributed by atoms with van der Waals surface area (Å²) < 4.78 is 6.27. The second kappa shape index (κ2) is 13.0. The van der Waals surface area contributed by atoms with E-state index in [9.17, 15) is 0 Å². The molecular formula is C55H39NO. The molecule has 0 atom stereocenters. The van der Waals surface area contributed by atoms with Gasteiger partial charge in [0.1, 0.15) is 11.2 Å². The lowest BCUT2D eigenvalue weighted by Crippen LogP contribution is -2.14. The highest BCUT2D eigenvalue weighted by Gasteiger charge is 2.37. The highest BCUT2D eigenvalue weighted by atomic mass is 16.3. The van der Waals surface area contributed by atoms with Crippen molar-refractivity contribution in [2.75, 3.05) is 4.90 Å². The molecule has 57 heavy (non-hydrogen) atoms. The van der Waals surface area contributed by atoms with E-state index in [1.54, 1.807) is 0 Å². The summed E-state index contributed by atoms with van der Waals surface area (Å²) in [6, 6.07) is 72.6. The van der Waals surface area contributed by atoms with Crippen molar-refractivity contribution in [2.24, 2.45) is 0 Å². The van der Waals surface area contributed by atoms with Crippen LogP contribution in [0.15, 0.2) is 205 Å². The average Bonchev–Trinajstić information content (AvgIpc) is 3.76. The third kappa shape index (κ3) is 5.25. The maximum atomic E-state index is 6.27. The van der Waals surface area contributed by atoms with Crippen molar-refractivity contribution >= 4 is 49.8 Å². The zero-order chi connectivity index (χ0) is 38.1. The highest BCUT2D eigenvalue weighted by molar-refractivity contribution is 6.12. The van der Waals surface area contributed by atoms with Gasteiger partial charge in [0.05, 0.1) is 5.69 Å². The van der Waals surface area contributed by atoms with Crippen LogP contribution in [-0.4, -0.2) is 0 Å². The van der Waals surface area contributed by atoms with Crippen LogP contribution < -0.4 is 4.90 Å². The minimum Gasteiger partial charge on any atom is -0.456 e. The van der Waals surface area contributed by atoms with Crippen LogP contribution in [0.5, 0.6) is 0 Å². The van der Waals surface area contributed by atoms with Crippen LogP contribution in [0.3, 0.4) is 0 Å². The summed E-state index contributed by atoms with van der Waals surface area (Å²) in [6.07, 6.45) is 0. The van der Waals surface area contributed by atoms with Gasteiger partial charge in [-0.2, -0.15) is 0 Å². The molecule has 9 aromatic carbocycles. The number of para-hydroxylation sites is 2. The Morgan fingerprint density at radius 2 is 0.912 bits per heavy atom. The summed E-state index contributed by atoms with van der Waals surface area (Å²) >= 11 is 0. The number of furan rings is 1. The van der Waals surface area contributed by atoms with E-state index < -0.39 is 0 Å². The van der Waals surface area contributed by atoms with E-state index >= 15 is 0 Å². The van der Waals surface area contributed by atoms with Gasteiger partial charge in [0, 0.05) is 33.1 Å². The SMILES string of the molecule is CC1(C)c2ccccc2-c2c(-c3ccccc3N(c3ccc(-c4cccc5ccccc45)cc3)c3ccc(-c4cccc5oc6ccccc6c45)cc3)cccc21. The van der Waals surface area contributed by atoms with Gasteiger partial charge in [-0.3, -0.25) is 0 Å². The monoisotopic (exact) mass is 729 g/mol. The van der Waals surface area contributed by atoms with Crippen molar-refractivity contribution in [1.29, 1.82) is 0 Å². The van der Waals surface area contributed by atoms with Gasteiger partial charge in [-0.15, -0.1) is 0 Å². The van der Waals surface area contributed by atoms with Crippen molar-refractivity contribution in [2.45, 2.75) is 19.3 Å². The summed E-state index contributed by atoms with van der Waals surface area (Å²) in [4.78, 5) is 2.42. The van der Waals surface area contributed by atoms with E-state index in [-0.39, 0.29) is 5.41 Å². The Kier molecular flexibility index (Phi) is 7.55. The van der Waals surface area contributed by atoms with Crippen LogP contribution in [0.25, 0.3) is 77.2 Å². The molecule has 0 unspecified atom stereocenters. The molecule has 1 aliphatic carbocycles. The van der Waals surface area contributed by atoms with Gasteiger partial charge in [-0.25, -0.2) is 0 Å². The molecule has 1 aliphatic rings. The third-order valence-corrected chi connectivity index (χ3v) is 12.1. The molecule has 0 bridgehead atoms. The molecule has 0 saturated carbocycles. The lowest BCUT2D eigenvalue weighted by Gasteiger charge is -2.29. The summed E-state index contributed by atoms with van der Waals surface area (Å²) in [5.41, 5.74) is 17.6. The molecule has 2 heteroatoms. The maximum Gasteiger partial charge on any atom is 0.136 e. The Morgan fingerprint density at radius 3 is 1.72 bits per heavy atom. The molecule has 270 valence electrons. The van der Waals surface area contributed by atoms with Crippen molar-refractivity contribution < 1.29 is 4.42 Å². The summed E-state index contributed by atoms with van der Waals surface area (Å²) in [5.74, 6) is 0. The molecule has 0 radical (unpaired) electrons. The second-order valence-electron chi connectivity index (χ2n) is 15.6. The molecule has 10 aromatic rings. The Labute approximate surface area is 332 Å². The minimum atomic E-state index is -0.0903. The molecule has 0 aliphatic heterocycles.